The Bertz CT molecular complexity index is 272. The van der Waals surface area contributed by atoms with Gasteiger partial charge in [0.25, 0.3) is 0 Å². The fourth-order valence-corrected chi connectivity index (χ4v) is 2.45. The van der Waals surface area contributed by atoms with Crippen LogP contribution in [-0.2, 0) is 9.59 Å². The van der Waals surface area contributed by atoms with Crippen LogP contribution in [0.2, 0.25) is 0 Å². The number of hydrogen-bond donors (Lipinski definition) is 2. The quantitative estimate of drug-likeness (QED) is 0.734. The smallest absolute Gasteiger partial charge is 0.306 e. The summed E-state index contributed by atoms with van der Waals surface area (Å²) in [6.45, 7) is 2.13. The number of aliphatic carboxylic acids is 1. The van der Waals surface area contributed by atoms with Crippen LogP contribution in [-0.4, -0.2) is 23.5 Å². The molecule has 0 spiro atoms. The van der Waals surface area contributed by atoms with Gasteiger partial charge in [-0.1, -0.05) is 39.0 Å². The van der Waals surface area contributed by atoms with E-state index in [-0.39, 0.29) is 11.8 Å². The summed E-state index contributed by atoms with van der Waals surface area (Å²) in [5.41, 5.74) is 0. The van der Waals surface area contributed by atoms with Crippen molar-refractivity contribution in [1.82, 2.24) is 5.32 Å². The molecule has 1 unspecified atom stereocenters. The predicted octanol–water partition coefficient (Wildman–Crippen LogP) is 2.57. The van der Waals surface area contributed by atoms with Gasteiger partial charge in [-0.15, -0.1) is 0 Å². The number of carboxylic acids is 1. The van der Waals surface area contributed by atoms with E-state index in [9.17, 15) is 9.59 Å². The van der Waals surface area contributed by atoms with Gasteiger partial charge in [0.2, 0.25) is 5.91 Å². The Balaban J connectivity index is 2.04. The predicted molar refractivity (Wildman–Crippen MR) is 70.2 cm³/mol. The number of carbonyl (C=O) groups excluding carboxylic acids is 1. The molecule has 18 heavy (non-hydrogen) atoms. The van der Waals surface area contributed by atoms with Crippen molar-refractivity contribution in [2.75, 3.05) is 6.54 Å². The first-order valence-corrected chi connectivity index (χ1v) is 7.09. The van der Waals surface area contributed by atoms with E-state index in [0.29, 0.717) is 19.4 Å². The lowest BCUT2D eigenvalue weighted by molar-refractivity contribution is -0.141. The third-order valence-electron chi connectivity index (χ3n) is 3.83. The molecule has 1 fully saturated rings. The first kappa shape index (κ1) is 15.0. The fourth-order valence-electron chi connectivity index (χ4n) is 2.45. The zero-order valence-electron chi connectivity index (χ0n) is 11.3. The number of rotatable bonds is 7. The molecule has 0 bridgehead atoms. The van der Waals surface area contributed by atoms with Crippen molar-refractivity contribution in [3.8, 4) is 0 Å². The summed E-state index contributed by atoms with van der Waals surface area (Å²) >= 11 is 0. The van der Waals surface area contributed by atoms with Crippen LogP contribution in [0.15, 0.2) is 0 Å². The zero-order chi connectivity index (χ0) is 13.4. The van der Waals surface area contributed by atoms with Crippen LogP contribution < -0.4 is 5.32 Å². The maximum absolute atomic E-state index is 11.6. The first-order chi connectivity index (χ1) is 8.59. The summed E-state index contributed by atoms with van der Waals surface area (Å²) in [7, 11) is 0. The second-order valence-electron chi connectivity index (χ2n) is 5.42. The van der Waals surface area contributed by atoms with Crippen LogP contribution in [0.3, 0.4) is 0 Å². The zero-order valence-corrected chi connectivity index (χ0v) is 11.3. The molecule has 0 aliphatic heterocycles. The lowest BCUT2D eigenvalue weighted by atomic mass is 9.86. The summed E-state index contributed by atoms with van der Waals surface area (Å²) < 4.78 is 0. The van der Waals surface area contributed by atoms with Crippen molar-refractivity contribution in [2.45, 2.75) is 58.3 Å². The van der Waals surface area contributed by atoms with Gasteiger partial charge in [0.1, 0.15) is 0 Å². The molecule has 4 heteroatoms. The van der Waals surface area contributed by atoms with Gasteiger partial charge < -0.3 is 10.4 Å². The van der Waals surface area contributed by atoms with Crippen molar-refractivity contribution in [3.05, 3.63) is 0 Å². The normalized spacial score (nSPS) is 18.3. The van der Waals surface area contributed by atoms with Crippen LogP contribution in [0.25, 0.3) is 0 Å². The molecule has 0 radical (unpaired) electrons. The minimum absolute atomic E-state index is 0.0677. The van der Waals surface area contributed by atoms with Crippen LogP contribution >= 0.6 is 0 Å². The van der Waals surface area contributed by atoms with E-state index in [1.54, 1.807) is 6.92 Å². The van der Waals surface area contributed by atoms with E-state index in [0.717, 1.165) is 12.3 Å². The number of nitrogens with one attached hydrogen (secondary N) is 1. The van der Waals surface area contributed by atoms with Gasteiger partial charge in [-0.2, -0.15) is 0 Å². The second kappa shape index (κ2) is 8.11. The Morgan fingerprint density at radius 1 is 1.28 bits per heavy atom. The van der Waals surface area contributed by atoms with E-state index in [2.05, 4.69) is 5.32 Å². The van der Waals surface area contributed by atoms with E-state index in [1.165, 1.54) is 32.1 Å². The van der Waals surface area contributed by atoms with Crippen molar-refractivity contribution >= 4 is 11.9 Å². The highest BCUT2D eigenvalue weighted by Crippen LogP contribution is 2.27. The molecule has 0 heterocycles. The number of hydrogen-bond acceptors (Lipinski definition) is 2. The fraction of sp³-hybridized carbons (Fsp3) is 0.857. The third-order valence-corrected chi connectivity index (χ3v) is 3.83. The standard InChI is InChI=1S/C14H25NO3/c1-11(14(17)18)9-10-15-13(16)8-7-12-5-3-2-4-6-12/h11-12H,2-10H2,1H3,(H,15,16)(H,17,18). The van der Waals surface area contributed by atoms with Crippen molar-refractivity contribution in [3.63, 3.8) is 0 Å². The first-order valence-electron chi connectivity index (χ1n) is 7.09. The Kier molecular flexibility index (Phi) is 6.76. The van der Waals surface area contributed by atoms with Gasteiger partial charge >= 0.3 is 5.97 Å². The maximum atomic E-state index is 11.6. The van der Waals surface area contributed by atoms with Crippen LogP contribution in [0, 0.1) is 11.8 Å². The van der Waals surface area contributed by atoms with E-state index >= 15 is 0 Å². The van der Waals surface area contributed by atoms with Gasteiger partial charge in [-0.25, -0.2) is 0 Å². The van der Waals surface area contributed by atoms with E-state index in [4.69, 9.17) is 5.11 Å². The molecule has 1 saturated carbocycles. The Hall–Kier alpha value is -1.06. The Morgan fingerprint density at radius 3 is 2.56 bits per heavy atom. The van der Waals surface area contributed by atoms with Gasteiger partial charge in [-0.05, 0) is 18.8 Å². The Labute approximate surface area is 109 Å². The summed E-state index contributed by atoms with van der Waals surface area (Å²) in [5.74, 6) is -0.393. The molecule has 4 nitrogen and oxygen atoms in total. The largest absolute Gasteiger partial charge is 0.481 e. The monoisotopic (exact) mass is 255 g/mol. The van der Waals surface area contributed by atoms with Crippen molar-refractivity contribution < 1.29 is 14.7 Å². The molecule has 1 aliphatic carbocycles. The molecule has 2 N–H and O–H groups in total. The summed E-state index contributed by atoms with van der Waals surface area (Å²) in [6, 6.07) is 0. The van der Waals surface area contributed by atoms with Gasteiger partial charge in [0.15, 0.2) is 0 Å². The molecule has 104 valence electrons. The molecule has 1 atom stereocenters. The Morgan fingerprint density at radius 2 is 1.94 bits per heavy atom. The molecule has 0 saturated heterocycles. The number of amides is 1. The van der Waals surface area contributed by atoms with E-state index in [1.807, 2.05) is 0 Å². The van der Waals surface area contributed by atoms with Crippen LogP contribution in [0.4, 0.5) is 0 Å². The lowest BCUT2D eigenvalue weighted by Gasteiger charge is -2.21. The average molecular weight is 255 g/mol. The van der Waals surface area contributed by atoms with Gasteiger partial charge in [-0.3, -0.25) is 9.59 Å². The molecule has 0 aromatic carbocycles. The topological polar surface area (TPSA) is 66.4 Å². The molecular formula is C14H25NO3. The minimum atomic E-state index is -0.800. The molecule has 1 aliphatic rings. The second-order valence-corrected chi connectivity index (χ2v) is 5.42. The molecular weight excluding hydrogens is 230 g/mol. The van der Waals surface area contributed by atoms with E-state index < -0.39 is 5.97 Å². The average Bonchev–Trinajstić information content (AvgIpc) is 2.37. The lowest BCUT2D eigenvalue weighted by Crippen LogP contribution is -2.27. The summed E-state index contributed by atoms with van der Waals surface area (Å²) in [5, 5.41) is 11.5. The van der Waals surface area contributed by atoms with Crippen molar-refractivity contribution in [1.29, 1.82) is 0 Å². The van der Waals surface area contributed by atoms with Crippen LogP contribution in [0.5, 0.6) is 0 Å². The minimum Gasteiger partial charge on any atom is -0.481 e. The third kappa shape index (κ3) is 6.03. The summed E-state index contributed by atoms with van der Waals surface area (Å²) in [4.78, 5) is 22.2. The van der Waals surface area contributed by atoms with Gasteiger partial charge in [0, 0.05) is 13.0 Å². The SMILES string of the molecule is CC(CCNC(=O)CCC1CCCCC1)C(=O)O. The highest BCUT2D eigenvalue weighted by molar-refractivity contribution is 5.76. The highest BCUT2D eigenvalue weighted by Gasteiger charge is 2.15. The number of carbonyl (C=O) groups is 2. The van der Waals surface area contributed by atoms with Crippen LogP contribution in [0.1, 0.15) is 58.3 Å². The molecule has 1 rings (SSSR count). The maximum Gasteiger partial charge on any atom is 0.306 e. The molecule has 1 amide bonds. The molecule has 0 aromatic heterocycles. The highest BCUT2D eigenvalue weighted by atomic mass is 16.4. The van der Waals surface area contributed by atoms with Gasteiger partial charge in [0.05, 0.1) is 5.92 Å². The van der Waals surface area contributed by atoms with Crippen molar-refractivity contribution in [2.24, 2.45) is 11.8 Å². The summed E-state index contributed by atoms with van der Waals surface area (Å²) in [6.07, 6.45) is 8.57. The number of carboxylic acid groups (broad SMARTS) is 1. The molecule has 0 aromatic rings.